The van der Waals surface area contributed by atoms with E-state index in [1.165, 1.54) is 25.3 Å². The number of carbonyl (C=O) groups is 1. The van der Waals surface area contributed by atoms with E-state index in [4.69, 9.17) is 0 Å². The van der Waals surface area contributed by atoms with E-state index in [0.717, 1.165) is 0 Å². The number of hydrogen-bond acceptors (Lipinski definition) is 5. The SMILES string of the molecule is COC(=O)c1ccc2c(c1)CCC(OS(=O)(=O)C(F)(F)F)=C2. The van der Waals surface area contributed by atoms with Gasteiger partial charge in [0.1, 0.15) is 5.76 Å². The van der Waals surface area contributed by atoms with E-state index in [0.29, 0.717) is 16.7 Å². The first-order chi connectivity index (χ1) is 10.1. The molecule has 0 saturated heterocycles. The molecule has 0 spiro atoms. The third-order valence-electron chi connectivity index (χ3n) is 3.02. The second-order valence-electron chi connectivity index (χ2n) is 4.50. The molecular formula is C13H11F3O5S. The number of benzene rings is 1. The van der Waals surface area contributed by atoms with Gasteiger partial charge in [-0.2, -0.15) is 21.6 Å². The minimum atomic E-state index is -5.67. The third kappa shape index (κ3) is 3.24. The van der Waals surface area contributed by atoms with E-state index < -0.39 is 21.6 Å². The van der Waals surface area contributed by atoms with Gasteiger partial charge in [0.2, 0.25) is 0 Å². The predicted molar refractivity (Wildman–Crippen MR) is 70.1 cm³/mol. The minimum Gasteiger partial charge on any atom is -0.465 e. The summed E-state index contributed by atoms with van der Waals surface area (Å²) in [5.74, 6) is -0.830. The summed E-state index contributed by atoms with van der Waals surface area (Å²) in [6, 6.07) is 4.47. The van der Waals surface area contributed by atoms with Crippen LogP contribution in [0.15, 0.2) is 24.0 Å². The Bertz CT molecular complexity index is 735. The molecule has 0 radical (unpaired) electrons. The highest BCUT2D eigenvalue weighted by molar-refractivity contribution is 7.87. The Balaban J connectivity index is 2.28. The Labute approximate surface area is 124 Å². The molecule has 1 aromatic rings. The normalized spacial score (nSPS) is 14.8. The molecule has 0 heterocycles. The van der Waals surface area contributed by atoms with Crippen molar-refractivity contribution in [3.63, 3.8) is 0 Å². The number of hydrogen-bond donors (Lipinski definition) is 0. The fraction of sp³-hybridized carbons (Fsp3) is 0.308. The van der Waals surface area contributed by atoms with Crippen molar-refractivity contribution in [1.82, 2.24) is 0 Å². The van der Waals surface area contributed by atoms with Crippen LogP contribution in [0.4, 0.5) is 13.2 Å². The molecule has 0 N–H and O–H groups in total. The molecule has 0 fully saturated rings. The molecule has 1 aromatic carbocycles. The van der Waals surface area contributed by atoms with Crippen molar-refractivity contribution in [3.05, 3.63) is 40.6 Å². The van der Waals surface area contributed by atoms with Gasteiger partial charge in [0.15, 0.2) is 0 Å². The zero-order valence-electron chi connectivity index (χ0n) is 11.3. The molecule has 0 aromatic heterocycles. The molecule has 0 bridgehead atoms. The van der Waals surface area contributed by atoms with Crippen molar-refractivity contribution >= 4 is 22.2 Å². The Morgan fingerprint density at radius 1 is 1.23 bits per heavy atom. The van der Waals surface area contributed by atoms with Crippen LogP contribution >= 0.6 is 0 Å². The van der Waals surface area contributed by atoms with Gasteiger partial charge in [0.05, 0.1) is 12.7 Å². The summed E-state index contributed by atoms with van der Waals surface area (Å²) in [5, 5.41) is 0. The van der Waals surface area contributed by atoms with Gasteiger partial charge in [0.25, 0.3) is 0 Å². The van der Waals surface area contributed by atoms with Crippen LogP contribution in [0.3, 0.4) is 0 Å². The number of ether oxygens (including phenoxy) is 1. The second kappa shape index (κ2) is 5.64. The molecule has 0 aliphatic heterocycles. The molecule has 0 unspecified atom stereocenters. The highest BCUT2D eigenvalue weighted by Crippen LogP contribution is 2.31. The van der Waals surface area contributed by atoms with Gasteiger partial charge < -0.3 is 8.92 Å². The molecule has 120 valence electrons. The fourth-order valence-electron chi connectivity index (χ4n) is 1.97. The lowest BCUT2D eigenvalue weighted by atomic mass is 9.94. The Hall–Kier alpha value is -2.03. The summed E-state index contributed by atoms with van der Waals surface area (Å²) in [6.45, 7) is 0. The summed E-state index contributed by atoms with van der Waals surface area (Å²) in [6.07, 6.45) is 1.44. The van der Waals surface area contributed by atoms with Crippen molar-refractivity contribution in [1.29, 1.82) is 0 Å². The van der Waals surface area contributed by atoms with Crippen molar-refractivity contribution in [2.24, 2.45) is 0 Å². The first-order valence-electron chi connectivity index (χ1n) is 6.06. The summed E-state index contributed by atoms with van der Waals surface area (Å²) >= 11 is 0. The van der Waals surface area contributed by atoms with Gasteiger partial charge in [0, 0.05) is 6.42 Å². The van der Waals surface area contributed by atoms with Crippen LogP contribution in [0.2, 0.25) is 0 Å². The zero-order chi connectivity index (χ0) is 16.5. The van der Waals surface area contributed by atoms with Gasteiger partial charge in [-0.05, 0) is 35.8 Å². The lowest BCUT2D eigenvalue weighted by Gasteiger charge is -2.18. The number of carbonyl (C=O) groups excluding carboxylic acids is 1. The topological polar surface area (TPSA) is 69.7 Å². The molecule has 0 amide bonds. The molecule has 1 aliphatic rings. The summed E-state index contributed by atoms with van der Waals surface area (Å²) in [4.78, 5) is 11.4. The molecule has 5 nitrogen and oxygen atoms in total. The highest BCUT2D eigenvalue weighted by Gasteiger charge is 2.48. The number of alkyl halides is 3. The number of halogens is 3. The number of allylic oxidation sites excluding steroid dienone is 1. The van der Waals surface area contributed by atoms with E-state index in [1.54, 1.807) is 6.07 Å². The highest BCUT2D eigenvalue weighted by atomic mass is 32.2. The lowest BCUT2D eigenvalue weighted by molar-refractivity contribution is -0.0522. The maximum absolute atomic E-state index is 12.3. The largest absolute Gasteiger partial charge is 0.534 e. The number of rotatable bonds is 3. The molecule has 2 rings (SSSR count). The number of fused-ring (bicyclic) bond motifs is 1. The van der Waals surface area contributed by atoms with Crippen molar-refractivity contribution in [2.45, 2.75) is 18.3 Å². The van der Waals surface area contributed by atoms with Crippen LogP contribution < -0.4 is 0 Å². The van der Waals surface area contributed by atoms with E-state index in [1.807, 2.05) is 0 Å². The van der Waals surface area contributed by atoms with Crippen LogP contribution in [0, 0.1) is 0 Å². The quantitative estimate of drug-likeness (QED) is 0.482. The summed E-state index contributed by atoms with van der Waals surface area (Å²) in [7, 11) is -4.44. The molecule has 0 atom stereocenters. The Morgan fingerprint density at radius 3 is 2.50 bits per heavy atom. The maximum atomic E-state index is 12.3. The van der Waals surface area contributed by atoms with Crippen LogP contribution in [0.5, 0.6) is 0 Å². The van der Waals surface area contributed by atoms with Gasteiger partial charge in [-0.25, -0.2) is 4.79 Å². The fourth-order valence-corrected chi connectivity index (χ4v) is 2.47. The third-order valence-corrected chi connectivity index (χ3v) is 4.02. The van der Waals surface area contributed by atoms with Crippen molar-refractivity contribution < 1.29 is 35.3 Å². The Kier molecular flexibility index (Phi) is 4.19. The molecule has 9 heteroatoms. The van der Waals surface area contributed by atoms with E-state index in [2.05, 4.69) is 8.92 Å². The average Bonchev–Trinajstić information content (AvgIpc) is 2.44. The lowest BCUT2D eigenvalue weighted by Crippen LogP contribution is -2.25. The first kappa shape index (κ1) is 16.3. The predicted octanol–water partition coefficient (Wildman–Crippen LogP) is 2.63. The van der Waals surface area contributed by atoms with Crippen LogP contribution in [-0.2, 0) is 25.5 Å². The van der Waals surface area contributed by atoms with Gasteiger partial charge >= 0.3 is 21.6 Å². The first-order valence-corrected chi connectivity index (χ1v) is 7.47. The van der Waals surface area contributed by atoms with E-state index in [9.17, 15) is 26.4 Å². The van der Waals surface area contributed by atoms with Gasteiger partial charge in [-0.15, -0.1) is 0 Å². The van der Waals surface area contributed by atoms with Crippen molar-refractivity contribution in [3.8, 4) is 0 Å². The molecule has 0 saturated carbocycles. The minimum absolute atomic E-state index is 0.0209. The van der Waals surface area contributed by atoms with Gasteiger partial charge in [-0.1, -0.05) is 6.07 Å². The van der Waals surface area contributed by atoms with E-state index in [-0.39, 0.29) is 18.6 Å². The van der Waals surface area contributed by atoms with Crippen LogP contribution in [0.25, 0.3) is 6.08 Å². The monoisotopic (exact) mass is 336 g/mol. The van der Waals surface area contributed by atoms with E-state index >= 15 is 0 Å². The van der Waals surface area contributed by atoms with Crippen LogP contribution in [-0.4, -0.2) is 27.0 Å². The summed E-state index contributed by atoms with van der Waals surface area (Å²) in [5.41, 5.74) is -3.98. The number of esters is 1. The maximum Gasteiger partial charge on any atom is 0.534 e. The Morgan fingerprint density at radius 2 is 1.91 bits per heavy atom. The van der Waals surface area contributed by atoms with Gasteiger partial charge in [-0.3, -0.25) is 0 Å². The molecule has 1 aliphatic carbocycles. The number of aryl methyl sites for hydroxylation is 1. The second-order valence-corrected chi connectivity index (χ2v) is 6.04. The average molecular weight is 336 g/mol. The standard InChI is InChI=1S/C13H11F3O5S/c1-20-12(17)10-3-2-9-7-11(5-4-8(9)6-10)21-22(18,19)13(14,15)16/h2-3,6-7H,4-5H2,1H3. The number of methoxy groups -OCH3 is 1. The molecule has 22 heavy (non-hydrogen) atoms. The smallest absolute Gasteiger partial charge is 0.465 e. The summed E-state index contributed by atoms with van der Waals surface area (Å²) < 4.78 is 67.4. The van der Waals surface area contributed by atoms with Crippen LogP contribution in [0.1, 0.15) is 27.9 Å². The van der Waals surface area contributed by atoms with Crippen molar-refractivity contribution in [2.75, 3.05) is 7.11 Å². The molecular weight excluding hydrogens is 325 g/mol. The zero-order valence-corrected chi connectivity index (χ0v) is 12.1.